The molecule has 2 N–H and O–H groups in total. The van der Waals surface area contributed by atoms with Crippen molar-refractivity contribution >= 4 is 6.09 Å². The van der Waals surface area contributed by atoms with Crippen LogP contribution >= 0.6 is 0 Å². The summed E-state index contributed by atoms with van der Waals surface area (Å²) in [4.78, 5) is 11.7. The van der Waals surface area contributed by atoms with Gasteiger partial charge in [-0.15, -0.1) is 5.10 Å². The van der Waals surface area contributed by atoms with Gasteiger partial charge in [0.15, 0.2) is 0 Å². The maximum absolute atomic E-state index is 11.7. The molecule has 0 aromatic carbocycles. The lowest BCUT2D eigenvalue weighted by atomic mass is 9.86. The van der Waals surface area contributed by atoms with Gasteiger partial charge in [-0.2, -0.15) is 0 Å². The molecule has 0 unspecified atom stereocenters. The van der Waals surface area contributed by atoms with Crippen molar-refractivity contribution in [2.45, 2.75) is 70.7 Å². The average Bonchev–Trinajstić information content (AvgIpc) is 2.67. The Bertz CT molecular complexity index is 487. The van der Waals surface area contributed by atoms with E-state index < -0.39 is 11.7 Å². The molecule has 0 radical (unpaired) electrons. The van der Waals surface area contributed by atoms with Crippen molar-refractivity contribution in [1.29, 1.82) is 0 Å². The normalized spacial score (nSPS) is 23.3. The predicted octanol–water partition coefficient (Wildman–Crippen LogP) is 1.43. The average molecular weight is 296 g/mol. The smallest absolute Gasteiger partial charge is 0.407 e. The summed E-state index contributed by atoms with van der Waals surface area (Å²) in [6.45, 7) is 7.26. The van der Waals surface area contributed by atoms with Crippen LogP contribution in [0.4, 0.5) is 4.79 Å². The fourth-order valence-electron chi connectivity index (χ4n) is 2.40. The van der Waals surface area contributed by atoms with Gasteiger partial charge in [-0.25, -0.2) is 9.48 Å². The van der Waals surface area contributed by atoms with E-state index in [1.165, 1.54) is 0 Å². The molecule has 1 fully saturated rings. The largest absolute Gasteiger partial charge is 0.444 e. The molecule has 1 atom stereocenters. The quantitative estimate of drug-likeness (QED) is 0.877. The number of hydrogen-bond donors (Lipinski definition) is 2. The summed E-state index contributed by atoms with van der Waals surface area (Å²) in [7, 11) is 0. The third-order valence-corrected chi connectivity index (χ3v) is 3.33. The molecule has 0 spiro atoms. The molecule has 7 nitrogen and oxygen atoms in total. The standard InChI is InChI=1S/C14H24N4O3/c1-9(19)5-12-8-15-17-18(12)11-6-10(7-11)16-13(20)21-14(2,3)4/h8-11,19H,5-7H2,1-4H3,(H,16,20)/t9-,10-,11-/m1/s1. The van der Waals surface area contributed by atoms with Crippen molar-refractivity contribution in [1.82, 2.24) is 20.3 Å². The summed E-state index contributed by atoms with van der Waals surface area (Å²) < 4.78 is 7.08. The van der Waals surface area contributed by atoms with E-state index in [1.54, 1.807) is 13.1 Å². The van der Waals surface area contributed by atoms with E-state index in [1.807, 2.05) is 25.5 Å². The van der Waals surface area contributed by atoms with Gasteiger partial charge in [-0.05, 0) is 40.5 Å². The molecule has 1 aromatic heterocycles. The second-order valence-corrected chi connectivity index (χ2v) is 6.69. The van der Waals surface area contributed by atoms with Crippen LogP contribution in [0, 0.1) is 0 Å². The van der Waals surface area contributed by atoms with E-state index >= 15 is 0 Å². The van der Waals surface area contributed by atoms with Crippen LogP contribution in [0.2, 0.25) is 0 Å². The molecule has 1 aliphatic carbocycles. The molecule has 2 rings (SSSR count). The van der Waals surface area contributed by atoms with E-state index in [0.717, 1.165) is 18.5 Å². The van der Waals surface area contributed by atoms with Crippen molar-refractivity contribution in [3.05, 3.63) is 11.9 Å². The molecule has 1 saturated carbocycles. The minimum Gasteiger partial charge on any atom is -0.444 e. The van der Waals surface area contributed by atoms with Crippen LogP contribution in [0.1, 0.15) is 52.3 Å². The van der Waals surface area contributed by atoms with Crippen LogP contribution in [0.5, 0.6) is 0 Å². The molecule has 1 heterocycles. The fourth-order valence-corrected chi connectivity index (χ4v) is 2.40. The number of aromatic nitrogens is 3. The van der Waals surface area contributed by atoms with Crippen molar-refractivity contribution in [2.75, 3.05) is 0 Å². The summed E-state index contributed by atoms with van der Waals surface area (Å²) >= 11 is 0. The van der Waals surface area contributed by atoms with Gasteiger partial charge in [-0.3, -0.25) is 0 Å². The Morgan fingerprint density at radius 2 is 2.24 bits per heavy atom. The lowest BCUT2D eigenvalue weighted by Crippen LogP contribution is -2.47. The second-order valence-electron chi connectivity index (χ2n) is 6.69. The highest BCUT2D eigenvalue weighted by molar-refractivity contribution is 5.68. The number of nitrogens with zero attached hydrogens (tertiary/aromatic N) is 3. The molecule has 118 valence electrons. The molecular weight excluding hydrogens is 272 g/mol. The van der Waals surface area contributed by atoms with Crippen LogP contribution in [-0.2, 0) is 11.2 Å². The highest BCUT2D eigenvalue weighted by atomic mass is 16.6. The molecule has 1 aromatic rings. The van der Waals surface area contributed by atoms with Gasteiger partial charge in [0.25, 0.3) is 0 Å². The van der Waals surface area contributed by atoms with Gasteiger partial charge in [0.1, 0.15) is 5.60 Å². The van der Waals surface area contributed by atoms with Crippen molar-refractivity contribution in [3.8, 4) is 0 Å². The van der Waals surface area contributed by atoms with E-state index in [2.05, 4.69) is 15.6 Å². The van der Waals surface area contributed by atoms with Gasteiger partial charge in [0, 0.05) is 12.5 Å². The number of aliphatic hydroxyl groups excluding tert-OH is 1. The molecule has 1 amide bonds. The third-order valence-electron chi connectivity index (χ3n) is 3.33. The van der Waals surface area contributed by atoms with Crippen molar-refractivity contribution in [2.24, 2.45) is 0 Å². The maximum Gasteiger partial charge on any atom is 0.407 e. The first-order chi connectivity index (χ1) is 9.74. The Labute approximate surface area is 124 Å². The topological polar surface area (TPSA) is 89.3 Å². The summed E-state index contributed by atoms with van der Waals surface area (Å²) in [5.41, 5.74) is 0.439. The van der Waals surface area contributed by atoms with Crippen molar-refractivity contribution in [3.63, 3.8) is 0 Å². The zero-order valence-corrected chi connectivity index (χ0v) is 13.0. The Kier molecular flexibility index (Phi) is 4.51. The molecule has 21 heavy (non-hydrogen) atoms. The second kappa shape index (κ2) is 6.01. The molecule has 0 saturated heterocycles. The van der Waals surface area contributed by atoms with E-state index in [0.29, 0.717) is 6.42 Å². The maximum atomic E-state index is 11.7. The number of amides is 1. The number of ether oxygens (including phenoxy) is 1. The van der Waals surface area contributed by atoms with Crippen LogP contribution < -0.4 is 5.32 Å². The Balaban J connectivity index is 1.82. The Morgan fingerprint density at radius 3 is 2.81 bits per heavy atom. The number of carbonyl (C=O) groups excluding carboxylic acids is 1. The van der Waals surface area contributed by atoms with Gasteiger partial charge >= 0.3 is 6.09 Å². The number of rotatable bonds is 4. The van der Waals surface area contributed by atoms with Gasteiger partial charge in [0.2, 0.25) is 0 Å². The first-order valence-electron chi connectivity index (χ1n) is 7.31. The number of nitrogens with one attached hydrogen (secondary N) is 1. The lowest BCUT2D eigenvalue weighted by molar-refractivity contribution is 0.0451. The minimum absolute atomic E-state index is 0.105. The van der Waals surface area contributed by atoms with Crippen LogP contribution in [0.3, 0.4) is 0 Å². The van der Waals surface area contributed by atoms with E-state index in [-0.39, 0.29) is 18.2 Å². The van der Waals surface area contributed by atoms with Gasteiger partial charge < -0.3 is 15.2 Å². The zero-order valence-electron chi connectivity index (χ0n) is 13.0. The van der Waals surface area contributed by atoms with Crippen LogP contribution in [0.15, 0.2) is 6.20 Å². The lowest BCUT2D eigenvalue weighted by Gasteiger charge is -2.36. The summed E-state index contributed by atoms with van der Waals surface area (Å²) in [5.74, 6) is 0. The molecule has 0 bridgehead atoms. The third kappa shape index (κ3) is 4.42. The fraction of sp³-hybridized carbons (Fsp3) is 0.786. The van der Waals surface area contributed by atoms with Crippen molar-refractivity contribution < 1.29 is 14.6 Å². The van der Waals surface area contributed by atoms with Crippen LogP contribution in [-0.4, -0.2) is 43.9 Å². The van der Waals surface area contributed by atoms with Crippen LogP contribution in [0.25, 0.3) is 0 Å². The Morgan fingerprint density at radius 1 is 1.57 bits per heavy atom. The highest BCUT2D eigenvalue weighted by Gasteiger charge is 2.34. The minimum atomic E-state index is -0.483. The Hall–Kier alpha value is -1.63. The SMILES string of the molecule is C[C@@H](O)Cc1cnnn1[C@H]1C[C@H](NC(=O)OC(C)(C)C)C1. The highest BCUT2D eigenvalue weighted by Crippen LogP contribution is 2.32. The van der Waals surface area contributed by atoms with E-state index in [4.69, 9.17) is 4.74 Å². The number of alkyl carbamates (subject to hydrolysis) is 1. The summed E-state index contributed by atoms with van der Waals surface area (Å²) in [6.07, 6.45) is 3.02. The monoisotopic (exact) mass is 296 g/mol. The predicted molar refractivity (Wildman–Crippen MR) is 76.8 cm³/mol. The first kappa shape index (κ1) is 15.8. The molecule has 1 aliphatic rings. The zero-order chi connectivity index (χ0) is 15.6. The summed E-state index contributed by atoms with van der Waals surface area (Å²) in [5, 5.41) is 20.3. The van der Waals surface area contributed by atoms with Gasteiger partial charge in [0.05, 0.1) is 24.0 Å². The molecule has 7 heteroatoms. The molecule has 0 aliphatic heterocycles. The van der Waals surface area contributed by atoms with E-state index in [9.17, 15) is 9.90 Å². The number of aliphatic hydroxyl groups is 1. The molecular formula is C14H24N4O3. The first-order valence-corrected chi connectivity index (χ1v) is 7.31. The summed E-state index contributed by atoms with van der Waals surface area (Å²) in [6, 6.07) is 0.328. The number of hydrogen-bond acceptors (Lipinski definition) is 5. The number of carbonyl (C=O) groups is 1. The van der Waals surface area contributed by atoms with Gasteiger partial charge in [-0.1, -0.05) is 5.21 Å².